The first-order valence-electron chi connectivity index (χ1n) is 5.54. The number of carboxylic acids is 1. The number of thiophene rings is 1. The highest BCUT2D eigenvalue weighted by molar-refractivity contribution is 7.12. The van der Waals surface area contributed by atoms with E-state index in [1.807, 2.05) is 0 Å². The van der Waals surface area contributed by atoms with Crippen LogP contribution in [0.4, 0.5) is 0 Å². The molecule has 2 heterocycles. The van der Waals surface area contributed by atoms with Crippen molar-refractivity contribution in [2.24, 2.45) is 0 Å². The molecule has 0 saturated carbocycles. The van der Waals surface area contributed by atoms with E-state index in [1.54, 1.807) is 11.4 Å². The molecule has 1 amide bonds. The van der Waals surface area contributed by atoms with Crippen molar-refractivity contribution in [1.82, 2.24) is 5.32 Å². The fourth-order valence-electron chi connectivity index (χ4n) is 1.70. The zero-order chi connectivity index (χ0) is 13.0. The minimum absolute atomic E-state index is 0.0518. The summed E-state index contributed by atoms with van der Waals surface area (Å²) in [6.45, 7) is 1.21. The molecule has 1 atom stereocenters. The lowest BCUT2D eigenvalue weighted by Crippen LogP contribution is -2.34. The van der Waals surface area contributed by atoms with E-state index >= 15 is 0 Å². The summed E-state index contributed by atoms with van der Waals surface area (Å²) >= 11 is 1.30. The predicted molar refractivity (Wildman–Crippen MR) is 67.7 cm³/mol. The fraction of sp³-hybridized carbons (Fsp3) is 0.333. The van der Waals surface area contributed by atoms with Gasteiger partial charge in [0.2, 0.25) is 0 Å². The van der Waals surface area contributed by atoms with Crippen LogP contribution in [0.3, 0.4) is 0 Å². The molecule has 0 bridgehead atoms. The van der Waals surface area contributed by atoms with Gasteiger partial charge in [-0.25, -0.2) is 4.79 Å². The Morgan fingerprint density at radius 3 is 3.06 bits per heavy atom. The number of hydrogen-bond acceptors (Lipinski definition) is 4. The smallest absolute Gasteiger partial charge is 0.328 e. The van der Waals surface area contributed by atoms with Crippen LogP contribution in [-0.4, -0.2) is 36.2 Å². The van der Waals surface area contributed by atoms with Crippen LogP contribution < -0.4 is 5.32 Å². The lowest BCUT2D eigenvalue weighted by atomic mass is 10.2. The second kappa shape index (κ2) is 5.79. The Morgan fingerprint density at radius 2 is 2.39 bits per heavy atom. The van der Waals surface area contributed by atoms with Crippen LogP contribution >= 0.6 is 11.3 Å². The fourth-order valence-corrected chi connectivity index (χ4v) is 2.48. The summed E-state index contributed by atoms with van der Waals surface area (Å²) in [5, 5.41) is 13.2. The zero-order valence-corrected chi connectivity index (χ0v) is 10.4. The van der Waals surface area contributed by atoms with Gasteiger partial charge in [0.1, 0.15) is 0 Å². The van der Waals surface area contributed by atoms with Gasteiger partial charge < -0.3 is 15.2 Å². The van der Waals surface area contributed by atoms with E-state index in [0.717, 1.165) is 12.5 Å². The van der Waals surface area contributed by atoms with Crippen molar-refractivity contribution in [1.29, 1.82) is 0 Å². The SMILES string of the molecule is O=C(O)/C=C/c1ccsc1C(=O)NC1CCOC1. The molecule has 1 unspecified atom stereocenters. The zero-order valence-electron chi connectivity index (χ0n) is 9.59. The highest BCUT2D eigenvalue weighted by atomic mass is 32.1. The molecule has 1 aromatic heterocycles. The standard InChI is InChI=1S/C12H13NO4S/c14-10(15)2-1-8-4-6-18-11(8)12(16)13-9-3-5-17-7-9/h1-2,4,6,9H,3,5,7H2,(H,13,16)(H,14,15)/b2-1+. The highest BCUT2D eigenvalue weighted by Gasteiger charge is 2.20. The first-order chi connectivity index (χ1) is 8.66. The molecule has 2 rings (SSSR count). The molecular formula is C12H13NO4S. The first-order valence-corrected chi connectivity index (χ1v) is 6.42. The minimum atomic E-state index is -1.03. The normalized spacial score (nSPS) is 19.2. The summed E-state index contributed by atoms with van der Waals surface area (Å²) in [5.41, 5.74) is 0.624. The van der Waals surface area contributed by atoms with E-state index in [0.29, 0.717) is 23.7 Å². The minimum Gasteiger partial charge on any atom is -0.478 e. The molecule has 0 spiro atoms. The Kier molecular flexibility index (Phi) is 4.11. The third-order valence-electron chi connectivity index (χ3n) is 2.57. The number of carbonyl (C=O) groups is 2. The van der Waals surface area contributed by atoms with Crippen molar-refractivity contribution in [2.45, 2.75) is 12.5 Å². The van der Waals surface area contributed by atoms with Gasteiger partial charge in [-0.2, -0.15) is 0 Å². The number of hydrogen-bond donors (Lipinski definition) is 2. The van der Waals surface area contributed by atoms with Crippen LogP contribution in [0.25, 0.3) is 6.08 Å². The number of aliphatic carboxylic acids is 1. The topological polar surface area (TPSA) is 75.6 Å². The van der Waals surface area contributed by atoms with Gasteiger partial charge in [-0.15, -0.1) is 11.3 Å². The Morgan fingerprint density at radius 1 is 1.56 bits per heavy atom. The van der Waals surface area contributed by atoms with Gasteiger partial charge in [0.15, 0.2) is 0 Å². The van der Waals surface area contributed by atoms with Crippen LogP contribution in [0.5, 0.6) is 0 Å². The summed E-state index contributed by atoms with van der Waals surface area (Å²) in [7, 11) is 0. The van der Waals surface area contributed by atoms with Crippen molar-refractivity contribution in [3.05, 3.63) is 28.0 Å². The second-order valence-electron chi connectivity index (χ2n) is 3.91. The van der Waals surface area contributed by atoms with E-state index in [4.69, 9.17) is 9.84 Å². The molecule has 1 saturated heterocycles. The number of carbonyl (C=O) groups excluding carboxylic acids is 1. The predicted octanol–water partition coefficient (Wildman–Crippen LogP) is 1.36. The Balaban J connectivity index is 2.05. The average molecular weight is 267 g/mol. The second-order valence-corrected chi connectivity index (χ2v) is 4.83. The van der Waals surface area contributed by atoms with Gasteiger partial charge in [-0.3, -0.25) is 4.79 Å². The molecule has 2 N–H and O–H groups in total. The van der Waals surface area contributed by atoms with Crippen LogP contribution in [-0.2, 0) is 9.53 Å². The van der Waals surface area contributed by atoms with Crippen molar-refractivity contribution in [2.75, 3.05) is 13.2 Å². The number of ether oxygens (including phenoxy) is 1. The Labute approximate surface area is 108 Å². The van der Waals surface area contributed by atoms with E-state index in [2.05, 4.69) is 5.32 Å². The molecular weight excluding hydrogens is 254 g/mol. The van der Waals surface area contributed by atoms with Gasteiger partial charge in [-0.1, -0.05) is 0 Å². The molecule has 5 nitrogen and oxygen atoms in total. The van der Waals surface area contributed by atoms with Crippen molar-refractivity contribution >= 4 is 29.3 Å². The number of rotatable bonds is 4. The van der Waals surface area contributed by atoms with Gasteiger partial charge >= 0.3 is 5.97 Å². The maximum atomic E-state index is 12.0. The molecule has 1 aliphatic heterocycles. The first kappa shape index (κ1) is 12.8. The van der Waals surface area contributed by atoms with Crippen molar-refractivity contribution in [3.8, 4) is 0 Å². The third kappa shape index (κ3) is 3.18. The molecule has 6 heteroatoms. The van der Waals surface area contributed by atoms with E-state index in [9.17, 15) is 9.59 Å². The Bertz CT molecular complexity index is 474. The van der Waals surface area contributed by atoms with Crippen LogP contribution in [0.2, 0.25) is 0 Å². The molecule has 96 valence electrons. The Hall–Kier alpha value is -1.66. The van der Waals surface area contributed by atoms with E-state index < -0.39 is 5.97 Å². The molecule has 0 aromatic carbocycles. The van der Waals surface area contributed by atoms with E-state index in [1.165, 1.54) is 17.4 Å². The maximum Gasteiger partial charge on any atom is 0.328 e. The monoisotopic (exact) mass is 267 g/mol. The highest BCUT2D eigenvalue weighted by Crippen LogP contribution is 2.19. The van der Waals surface area contributed by atoms with Gasteiger partial charge in [0.05, 0.1) is 17.5 Å². The average Bonchev–Trinajstić information content (AvgIpc) is 2.96. The maximum absolute atomic E-state index is 12.0. The van der Waals surface area contributed by atoms with Crippen LogP contribution in [0, 0.1) is 0 Å². The van der Waals surface area contributed by atoms with E-state index in [-0.39, 0.29) is 11.9 Å². The van der Waals surface area contributed by atoms with Gasteiger partial charge in [0, 0.05) is 12.7 Å². The summed E-state index contributed by atoms with van der Waals surface area (Å²) in [6, 6.07) is 1.78. The summed E-state index contributed by atoms with van der Waals surface area (Å²) in [4.78, 5) is 23.0. The molecule has 1 aromatic rings. The summed E-state index contributed by atoms with van der Waals surface area (Å²) in [5.74, 6) is -1.21. The molecule has 1 aliphatic rings. The number of amides is 1. The molecule has 0 radical (unpaired) electrons. The molecule has 0 aliphatic carbocycles. The van der Waals surface area contributed by atoms with Crippen molar-refractivity contribution in [3.63, 3.8) is 0 Å². The van der Waals surface area contributed by atoms with Crippen molar-refractivity contribution < 1.29 is 19.4 Å². The summed E-state index contributed by atoms with van der Waals surface area (Å²) < 4.78 is 5.18. The summed E-state index contributed by atoms with van der Waals surface area (Å²) in [6.07, 6.45) is 3.27. The molecule has 18 heavy (non-hydrogen) atoms. The quantitative estimate of drug-likeness (QED) is 0.808. The third-order valence-corrected chi connectivity index (χ3v) is 3.50. The lowest BCUT2D eigenvalue weighted by molar-refractivity contribution is -0.131. The number of nitrogens with one attached hydrogen (secondary N) is 1. The van der Waals surface area contributed by atoms with Crippen LogP contribution in [0.1, 0.15) is 21.7 Å². The molecule has 1 fully saturated rings. The van der Waals surface area contributed by atoms with Gasteiger partial charge in [0.25, 0.3) is 5.91 Å². The lowest BCUT2D eigenvalue weighted by Gasteiger charge is -2.09. The number of carboxylic acid groups (broad SMARTS) is 1. The van der Waals surface area contributed by atoms with Crippen LogP contribution in [0.15, 0.2) is 17.5 Å². The largest absolute Gasteiger partial charge is 0.478 e. The van der Waals surface area contributed by atoms with Gasteiger partial charge in [-0.05, 0) is 29.5 Å².